The Morgan fingerprint density at radius 2 is 2.15 bits per heavy atom. The first kappa shape index (κ1) is 15.0. The average Bonchev–Trinajstić information content (AvgIpc) is 2.91. The molecule has 110 valence electrons. The van der Waals surface area contributed by atoms with Gasteiger partial charge < -0.3 is 15.5 Å². The maximum absolute atomic E-state index is 12.3. The highest BCUT2D eigenvalue weighted by Crippen LogP contribution is 2.13. The molecule has 0 spiro atoms. The Morgan fingerprint density at radius 3 is 2.75 bits per heavy atom. The summed E-state index contributed by atoms with van der Waals surface area (Å²) in [6, 6.07) is 10.1. The average molecular weight is 275 g/mol. The molecule has 4 nitrogen and oxygen atoms in total. The molecule has 0 radical (unpaired) electrons. The predicted molar refractivity (Wildman–Crippen MR) is 81.4 cm³/mol. The van der Waals surface area contributed by atoms with Gasteiger partial charge in [0.25, 0.3) is 0 Å². The van der Waals surface area contributed by atoms with Crippen LogP contribution in [0.25, 0.3) is 0 Å². The van der Waals surface area contributed by atoms with Crippen molar-refractivity contribution in [3.8, 4) is 0 Å². The van der Waals surface area contributed by atoms with E-state index in [0.29, 0.717) is 13.1 Å². The fourth-order valence-corrected chi connectivity index (χ4v) is 2.55. The van der Waals surface area contributed by atoms with Crippen LogP contribution < -0.4 is 10.6 Å². The predicted octanol–water partition coefficient (Wildman–Crippen LogP) is 1.38. The molecular formula is C16H25N3O. The molecule has 1 aromatic carbocycles. The van der Waals surface area contributed by atoms with E-state index in [0.717, 1.165) is 26.1 Å². The molecule has 0 saturated carbocycles. The lowest BCUT2D eigenvalue weighted by Gasteiger charge is -2.27. The first-order valence-corrected chi connectivity index (χ1v) is 7.40. The molecule has 1 unspecified atom stereocenters. The summed E-state index contributed by atoms with van der Waals surface area (Å²) in [6.45, 7) is 8.01. The van der Waals surface area contributed by atoms with Crippen molar-refractivity contribution in [3.05, 3.63) is 35.9 Å². The summed E-state index contributed by atoms with van der Waals surface area (Å²) in [7, 11) is 0. The largest absolute Gasteiger partial charge is 0.338 e. The SMILES string of the molecule is CCN(Cc1ccccc1)C(=O)CNC1(C)CCNC1. The molecule has 2 rings (SSSR count). The highest BCUT2D eigenvalue weighted by molar-refractivity contribution is 5.78. The molecule has 1 fully saturated rings. The number of hydrogen-bond donors (Lipinski definition) is 2. The smallest absolute Gasteiger partial charge is 0.236 e. The second-order valence-corrected chi connectivity index (χ2v) is 5.73. The lowest BCUT2D eigenvalue weighted by Crippen LogP contribution is -2.49. The highest BCUT2D eigenvalue weighted by Gasteiger charge is 2.28. The summed E-state index contributed by atoms with van der Waals surface area (Å²) in [4.78, 5) is 14.2. The van der Waals surface area contributed by atoms with Crippen molar-refractivity contribution >= 4 is 5.91 Å². The van der Waals surface area contributed by atoms with Crippen molar-refractivity contribution in [1.29, 1.82) is 0 Å². The van der Waals surface area contributed by atoms with Crippen molar-refractivity contribution in [1.82, 2.24) is 15.5 Å². The third-order valence-corrected chi connectivity index (χ3v) is 3.99. The van der Waals surface area contributed by atoms with E-state index < -0.39 is 0 Å². The molecular weight excluding hydrogens is 250 g/mol. The highest BCUT2D eigenvalue weighted by atomic mass is 16.2. The van der Waals surface area contributed by atoms with E-state index in [1.165, 1.54) is 5.56 Å². The molecule has 1 aromatic rings. The summed E-state index contributed by atoms with van der Waals surface area (Å²) in [5, 5.41) is 6.74. The van der Waals surface area contributed by atoms with Crippen LogP contribution in [0.1, 0.15) is 25.8 Å². The molecule has 0 aromatic heterocycles. The molecule has 0 aliphatic carbocycles. The summed E-state index contributed by atoms with van der Waals surface area (Å²) in [6.07, 6.45) is 1.07. The topological polar surface area (TPSA) is 44.4 Å². The number of amides is 1. The van der Waals surface area contributed by atoms with Crippen LogP contribution in [0.5, 0.6) is 0 Å². The first-order valence-electron chi connectivity index (χ1n) is 7.40. The van der Waals surface area contributed by atoms with Crippen molar-refractivity contribution in [3.63, 3.8) is 0 Å². The number of carbonyl (C=O) groups is 1. The molecule has 1 amide bonds. The van der Waals surface area contributed by atoms with Gasteiger partial charge >= 0.3 is 0 Å². The van der Waals surface area contributed by atoms with Crippen LogP contribution in [0, 0.1) is 0 Å². The summed E-state index contributed by atoms with van der Waals surface area (Å²) < 4.78 is 0. The van der Waals surface area contributed by atoms with Crippen molar-refractivity contribution in [2.75, 3.05) is 26.2 Å². The molecule has 1 aliphatic heterocycles. The van der Waals surface area contributed by atoms with Gasteiger partial charge in [-0.15, -0.1) is 0 Å². The van der Waals surface area contributed by atoms with Gasteiger partial charge in [0.15, 0.2) is 0 Å². The Balaban J connectivity index is 1.85. The maximum atomic E-state index is 12.3. The molecule has 1 heterocycles. The second kappa shape index (κ2) is 6.86. The van der Waals surface area contributed by atoms with Gasteiger partial charge in [-0.3, -0.25) is 4.79 Å². The van der Waals surface area contributed by atoms with Crippen LogP contribution in [0.15, 0.2) is 30.3 Å². The zero-order valence-electron chi connectivity index (χ0n) is 12.5. The van der Waals surface area contributed by atoms with Gasteiger partial charge in [-0.2, -0.15) is 0 Å². The fraction of sp³-hybridized carbons (Fsp3) is 0.562. The molecule has 2 N–H and O–H groups in total. The number of likely N-dealkylation sites (N-methyl/N-ethyl adjacent to an activating group) is 1. The van der Waals surface area contributed by atoms with Crippen LogP contribution in [0.3, 0.4) is 0 Å². The molecule has 4 heteroatoms. The minimum Gasteiger partial charge on any atom is -0.338 e. The van der Waals surface area contributed by atoms with E-state index in [1.807, 2.05) is 30.0 Å². The van der Waals surface area contributed by atoms with Gasteiger partial charge in [-0.25, -0.2) is 0 Å². The number of benzene rings is 1. The van der Waals surface area contributed by atoms with Gasteiger partial charge in [0.2, 0.25) is 5.91 Å². The van der Waals surface area contributed by atoms with Crippen LogP contribution in [-0.2, 0) is 11.3 Å². The fourth-order valence-electron chi connectivity index (χ4n) is 2.55. The van der Waals surface area contributed by atoms with Crippen LogP contribution >= 0.6 is 0 Å². The Hall–Kier alpha value is -1.39. The van der Waals surface area contributed by atoms with E-state index in [1.54, 1.807) is 0 Å². The van der Waals surface area contributed by atoms with Crippen molar-refractivity contribution in [2.24, 2.45) is 0 Å². The van der Waals surface area contributed by atoms with Crippen molar-refractivity contribution < 1.29 is 4.79 Å². The Morgan fingerprint density at radius 1 is 1.40 bits per heavy atom. The Kier molecular flexibility index (Phi) is 5.15. The van der Waals surface area contributed by atoms with Gasteiger partial charge in [-0.05, 0) is 32.4 Å². The van der Waals surface area contributed by atoms with E-state index in [9.17, 15) is 4.79 Å². The zero-order valence-corrected chi connectivity index (χ0v) is 12.5. The third kappa shape index (κ3) is 4.05. The quantitative estimate of drug-likeness (QED) is 0.824. The molecule has 20 heavy (non-hydrogen) atoms. The number of carbonyl (C=O) groups excluding carboxylic acids is 1. The van der Waals surface area contributed by atoms with Gasteiger partial charge in [0, 0.05) is 25.2 Å². The van der Waals surface area contributed by atoms with E-state index in [4.69, 9.17) is 0 Å². The molecule has 1 aliphatic rings. The van der Waals surface area contributed by atoms with Gasteiger partial charge in [0.1, 0.15) is 0 Å². The maximum Gasteiger partial charge on any atom is 0.236 e. The summed E-state index contributed by atoms with van der Waals surface area (Å²) in [5.74, 6) is 0.171. The molecule has 0 bridgehead atoms. The summed E-state index contributed by atoms with van der Waals surface area (Å²) in [5.41, 5.74) is 1.23. The summed E-state index contributed by atoms with van der Waals surface area (Å²) >= 11 is 0. The minimum absolute atomic E-state index is 0.0574. The van der Waals surface area contributed by atoms with Crippen LogP contribution in [-0.4, -0.2) is 42.5 Å². The minimum atomic E-state index is 0.0574. The Labute approximate surface area is 121 Å². The van der Waals surface area contributed by atoms with Crippen LogP contribution in [0.4, 0.5) is 0 Å². The second-order valence-electron chi connectivity index (χ2n) is 5.73. The number of nitrogens with one attached hydrogen (secondary N) is 2. The van der Waals surface area contributed by atoms with Gasteiger partial charge in [-0.1, -0.05) is 30.3 Å². The van der Waals surface area contributed by atoms with Crippen molar-refractivity contribution in [2.45, 2.75) is 32.4 Å². The normalized spacial score (nSPS) is 21.9. The molecule has 1 atom stereocenters. The monoisotopic (exact) mass is 275 g/mol. The van der Waals surface area contributed by atoms with Gasteiger partial charge in [0.05, 0.1) is 6.54 Å². The third-order valence-electron chi connectivity index (χ3n) is 3.99. The first-order chi connectivity index (χ1) is 9.63. The number of rotatable bonds is 6. The lowest BCUT2D eigenvalue weighted by atomic mass is 10.0. The van der Waals surface area contributed by atoms with E-state index in [-0.39, 0.29) is 11.4 Å². The zero-order chi connectivity index (χ0) is 14.4. The number of nitrogens with zero attached hydrogens (tertiary/aromatic N) is 1. The lowest BCUT2D eigenvalue weighted by molar-refractivity contribution is -0.131. The van der Waals surface area contributed by atoms with E-state index in [2.05, 4.69) is 29.7 Å². The standard InChI is InChI=1S/C16H25N3O/c1-3-19(12-14-7-5-4-6-8-14)15(20)11-18-16(2)9-10-17-13-16/h4-8,17-18H,3,9-13H2,1-2H3. The van der Waals surface area contributed by atoms with E-state index >= 15 is 0 Å². The van der Waals surface area contributed by atoms with Crippen LogP contribution in [0.2, 0.25) is 0 Å². The Bertz CT molecular complexity index is 427. The number of hydrogen-bond acceptors (Lipinski definition) is 3. The molecule has 1 saturated heterocycles.